The molecule has 2 heterocycles. The standard InChI is InChI=1S/C13H20N4S/c1-18-13-15-11(14)8-12(16-13)17-7-6-9-4-2-3-5-10(9)17/h8-10H,2-7H2,1H3,(H2,14,15,16). The maximum absolute atomic E-state index is 5.88. The number of aromatic nitrogens is 2. The first-order valence-electron chi connectivity index (χ1n) is 6.73. The lowest BCUT2D eigenvalue weighted by atomic mass is 9.85. The lowest BCUT2D eigenvalue weighted by Gasteiger charge is -2.32. The van der Waals surface area contributed by atoms with Crippen molar-refractivity contribution in [2.24, 2.45) is 5.92 Å². The first kappa shape index (κ1) is 12.1. The second kappa shape index (κ2) is 4.96. The van der Waals surface area contributed by atoms with E-state index in [-0.39, 0.29) is 0 Å². The van der Waals surface area contributed by atoms with Crippen LogP contribution in [-0.2, 0) is 0 Å². The number of rotatable bonds is 2. The number of fused-ring (bicyclic) bond motifs is 1. The number of anilines is 2. The molecule has 5 heteroatoms. The second-order valence-electron chi connectivity index (χ2n) is 5.23. The number of thioether (sulfide) groups is 1. The van der Waals surface area contributed by atoms with Gasteiger partial charge in [-0.2, -0.15) is 0 Å². The van der Waals surface area contributed by atoms with Crippen LogP contribution in [0.5, 0.6) is 0 Å². The second-order valence-corrected chi connectivity index (χ2v) is 6.01. The van der Waals surface area contributed by atoms with Crippen molar-refractivity contribution < 1.29 is 0 Å². The Balaban J connectivity index is 1.88. The smallest absolute Gasteiger partial charge is 0.191 e. The summed E-state index contributed by atoms with van der Waals surface area (Å²) < 4.78 is 0. The van der Waals surface area contributed by atoms with Crippen LogP contribution < -0.4 is 10.6 Å². The van der Waals surface area contributed by atoms with Gasteiger partial charge in [-0.15, -0.1) is 0 Å². The molecular formula is C13H20N4S. The molecule has 1 aliphatic heterocycles. The van der Waals surface area contributed by atoms with Crippen molar-refractivity contribution in [2.75, 3.05) is 23.4 Å². The lowest BCUT2D eigenvalue weighted by Crippen LogP contribution is -2.35. The van der Waals surface area contributed by atoms with Gasteiger partial charge < -0.3 is 10.6 Å². The number of nitrogens with zero attached hydrogens (tertiary/aromatic N) is 3. The third-order valence-electron chi connectivity index (χ3n) is 4.20. The van der Waals surface area contributed by atoms with Crippen molar-refractivity contribution in [3.05, 3.63) is 6.07 Å². The summed E-state index contributed by atoms with van der Waals surface area (Å²) in [5.74, 6) is 2.48. The van der Waals surface area contributed by atoms with Gasteiger partial charge in [-0.3, -0.25) is 0 Å². The highest BCUT2D eigenvalue weighted by molar-refractivity contribution is 7.98. The predicted molar refractivity (Wildman–Crippen MR) is 75.9 cm³/mol. The SMILES string of the molecule is CSc1nc(N)cc(N2CCC3CCCCC32)n1. The van der Waals surface area contributed by atoms with Crippen molar-refractivity contribution in [3.63, 3.8) is 0 Å². The molecule has 1 saturated carbocycles. The van der Waals surface area contributed by atoms with Gasteiger partial charge in [0.1, 0.15) is 11.6 Å². The fourth-order valence-corrected chi connectivity index (χ4v) is 3.74. The van der Waals surface area contributed by atoms with Crippen LogP contribution in [0, 0.1) is 5.92 Å². The molecule has 0 amide bonds. The zero-order valence-electron chi connectivity index (χ0n) is 10.8. The van der Waals surface area contributed by atoms with Crippen molar-refractivity contribution >= 4 is 23.4 Å². The molecule has 1 aromatic rings. The highest BCUT2D eigenvalue weighted by atomic mass is 32.2. The maximum Gasteiger partial charge on any atom is 0.191 e. The summed E-state index contributed by atoms with van der Waals surface area (Å²) >= 11 is 1.56. The topological polar surface area (TPSA) is 55.0 Å². The van der Waals surface area contributed by atoms with Gasteiger partial charge in [0.25, 0.3) is 0 Å². The van der Waals surface area contributed by atoms with Gasteiger partial charge in [0.15, 0.2) is 5.16 Å². The van der Waals surface area contributed by atoms with Crippen LogP contribution in [0.25, 0.3) is 0 Å². The Hall–Kier alpha value is -0.970. The van der Waals surface area contributed by atoms with Crippen molar-refractivity contribution in [1.82, 2.24) is 9.97 Å². The van der Waals surface area contributed by atoms with Crippen LogP contribution in [0.15, 0.2) is 11.2 Å². The van der Waals surface area contributed by atoms with E-state index < -0.39 is 0 Å². The molecule has 1 aromatic heterocycles. The number of nitrogen functional groups attached to an aromatic ring is 1. The van der Waals surface area contributed by atoms with Gasteiger partial charge in [-0.1, -0.05) is 24.6 Å². The van der Waals surface area contributed by atoms with Crippen LogP contribution in [0.4, 0.5) is 11.6 Å². The van der Waals surface area contributed by atoms with E-state index in [9.17, 15) is 0 Å². The first-order chi connectivity index (χ1) is 8.78. The van der Waals surface area contributed by atoms with Crippen LogP contribution in [-0.4, -0.2) is 28.8 Å². The Morgan fingerprint density at radius 2 is 2.11 bits per heavy atom. The summed E-state index contributed by atoms with van der Waals surface area (Å²) in [5.41, 5.74) is 5.88. The first-order valence-corrected chi connectivity index (χ1v) is 7.95. The summed E-state index contributed by atoms with van der Waals surface area (Å²) in [4.78, 5) is 11.3. The van der Waals surface area contributed by atoms with Gasteiger partial charge in [-0.05, 0) is 31.4 Å². The Labute approximate surface area is 112 Å². The average Bonchev–Trinajstić information content (AvgIpc) is 2.81. The van der Waals surface area contributed by atoms with Crippen molar-refractivity contribution in [3.8, 4) is 0 Å². The van der Waals surface area contributed by atoms with E-state index in [2.05, 4.69) is 14.9 Å². The van der Waals surface area contributed by atoms with Gasteiger partial charge in [-0.25, -0.2) is 9.97 Å². The van der Waals surface area contributed by atoms with Gasteiger partial charge in [0, 0.05) is 18.7 Å². The normalized spacial score (nSPS) is 27.3. The Kier molecular flexibility index (Phi) is 3.33. The van der Waals surface area contributed by atoms with Crippen molar-refractivity contribution in [2.45, 2.75) is 43.3 Å². The molecule has 3 rings (SSSR count). The molecular weight excluding hydrogens is 244 g/mol. The summed E-state index contributed by atoms with van der Waals surface area (Å²) in [6.45, 7) is 1.12. The van der Waals surface area contributed by atoms with E-state index in [4.69, 9.17) is 5.73 Å². The molecule has 1 aliphatic carbocycles. The Morgan fingerprint density at radius 1 is 1.28 bits per heavy atom. The highest BCUT2D eigenvalue weighted by Crippen LogP contribution is 2.38. The van der Waals surface area contributed by atoms with E-state index in [1.165, 1.54) is 32.1 Å². The largest absolute Gasteiger partial charge is 0.383 e. The zero-order valence-corrected chi connectivity index (χ0v) is 11.6. The molecule has 4 nitrogen and oxygen atoms in total. The lowest BCUT2D eigenvalue weighted by molar-refractivity contribution is 0.341. The molecule has 0 aromatic carbocycles. The average molecular weight is 264 g/mol. The minimum atomic E-state index is 0.587. The predicted octanol–water partition coefficient (Wildman–Crippen LogP) is 2.55. The Morgan fingerprint density at radius 3 is 2.94 bits per heavy atom. The van der Waals surface area contributed by atoms with Gasteiger partial charge in [0.2, 0.25) is 0 Å². The van der Waals surface area contributed by atoms with Crippen LogP contribution in [0.2, 0.25) is 0 Å². The molecule has 18 heavy (non-hydrogen) atoms. The summed E-state index contributed by atoms with van der Waals surface area (Å²) in [5, 5.41) is 0.782. The van der Waals surface area contributed by atoms with E-state index in [0.717, 1.165) is 23.4 Å². The number of nitrogens with two attached hydrogens (primary N) is 1. The third-order valence-corrected chi connectivity index (χ3v) is 4.75. The van der Waals surface area contributed by atoms with E-state index >= 15 is 0 Å². The number of hydrogen-bond acceptors (Lipinski definition) is 5. The Bertz CT molecular complexity index is 437. The minimum Gasteiger partial charge on any atom is -0.383 e. The van der Waals surface area contributed by atoms with E-state index in [1.54, 1.807) is 11.8 Å². The monoisotopic (exact) mass is 264 g/mol. The number of hydrogen-bond donors (Lipinski definition) is 1. The van der Waals surface area contributed by atoms with E-state index in [0.29, 0.717) is 11.9 Å². The molecule has 2 unspecified atom stereocenters. The molecule has 0 bridgehead atoms. The van der Waals surface area contributed by atoms with Crippen LogP contribution in [0.1, 0.15) is 32.1 Å². The molecule has 2 fully saturated rings. The minimum absolute atomic E-state index is 0.587. The van der Waals surface area contributed by atoms with Crippen molar-refractivity contribution in [1.29, 1.82) is 0 Å². The van der Waals surface area contributed by atoms with Gasteiger partial charge in [0.05, 0.1) is 0 Å². The fraction of sp³-hybridized carbons (Fsp3) is 0.692. The highest BCUT2D eigenvalue weighted by Gasteiger charge is 2.36. The molecule has 2 atom stereocenters. The fourth-order valence-electron chi connectivity index (χ4n) is 3.36. The third kappa shape index (κ3) is 2.16. The van der Waals surface area contributed by atoms with E-state index in [1.807, 2.05) is 12.3 Å². The zero-order chi connectivity index (χ0) is 12.5. The van der Waals surface area contributed by atoms with Crippen LogP contribution >= 0.6 is 11.8 Å². The molecule has 0 radical (unpaired) electrons. The van der Waals surface area contributed by atoms with Gasteiger partial charge >= 0.3 is 0 Å². The maximum atomic E-state index is 5.88. The molecule has 0 spiro atoms. The van der Waals surface area contributed by atoms with Crippen LogP contribution in [0.3, 0.4) is 0 Å². The molecule has 1 saturated heterocycles. The molecule has 2 N–H and O–H groups in total. The summed E-state index contributed by atoms with van der Waals surface area (Å²) in [6, 6.07) is 2.61. The molecule has 2 aliphatic rings. The summed E-state index contributed by atoms with van der Waals surface area (Å²) in [7, 11) is 0. The molecule has 98 valence electrons. The quantitative estimate of drug-likeness (QED) is 0.657. The summed E-state index contributed by atoms with van der Waals surface area (Å²) in [6.07, 6.45) is 8.75.